The molecule has 4 amide bonds. The maximum atomic E-state index is 12.7. The Labute approximate surface area is 175 Å². The third-order valence-corrected chi connectivity index (χ3v) is 4.98. The van der Waals surface area contributed by atoms with Gasteiger partial charge in [0.25, 0.3) is 0 Å². The largest absolute Gasteiger partial charge is 0.493 e. The van der Waals surface area contributed by atoms with Crippen LogP contribution in [0.25, 0.3) is 0 Å². The molecule has 8 nitrogen and oxygen atoms in total. The summed E-state index contributed by atoms with van der Waals surface area (Å²) in [5, 5.41) is 0. The van der Waals surface area contributed by atoms with E-state index >= 15 is 0 Å². The van der Waals surface area contributed by atoms with Gasteiger partial charge in [-0.2, -0.15) is 0 Å². The third-order valence-electron chi connectivity index (χ3n) is 4.98. The Morgan fingerprint density at radius 2 is 1.50 bits per heavy atom. The van der Waals surface area contributed by atoms with Crippen LogP contribution in [0.5, 0.6) is 11.5 Å². The molecule has 2 aromatic carbocycles. The van der Waals surface area contributed by atoms with Gasteiger partial charge in [-0.1, -0.05) is 30.3 Å². The third kappa shape index (κ3) is 4.28. The first kappa shape index (κ1) is 21.3. The van der Waals surface area contributed by atoms with E-state index in [2.05, 4.69) is 0 Å². The van der Waals surface area contributed by atoms with Gasteiger partial charge < -0.3 is 9.47 Å². The van der Waals surface area contributed by atoms with Crippen LogP contribution in [0.15, 0.2) is 42.5 Å². The number of urea groups is 1. The van der Waals surface area contributed by atoms with Gasteiger partial charge in [-0.25, -0.2) is 9.69 Å². The van der Waals surface area contributed by atoms with E-state index in [1.807, 2.05) is 37.3 Å². The molecule has 0 aliphatic carbocycles. The van der Waals surface area contributed by atoms with Crippen molar-refractivity contribution >= 4 is 17.8 Å². The first-order valence-corrected chi connectivity index (χ1v) is 9.47. The van der Waals surface area contributed by atoms with Crippen LogP contribution in [0.4, 0.5) is 4.79 Å². The van der Waals surface area contributed by atoms with Crippen LogP contribution in [0, 0.1) is 6.92 Å². The molecular weight excluding hydrogens is 386 g/mol. The highest BCUT2D eigenvalue weighted by molar-refractivity contribution is 6.44. The summed E-state index contributed by atoms with van der Waals surface area (Å²) >= 11 is 0. The van der Waals surface area contributed by atoms with Crippen LogP contribution in [-0.4, -0.2) is 60.5 Å². The molecule has 0 atom stereocenters. The number of rotatable bonds is 8. The van der Waals surface area contributed by atoms with Crippen molar-refractivity contribution in [2.75, 3.05) is 27.9 Å². The SMILES string of the molecule is COc1cc(C)c(CN(C)CN2C(=O)C(=O)N(Cc3ccccc3)C2=O)cc1OC. The summed E-state index contributed by atoms with van der Waals surface area (Å²) in [6.45, 7) is 2.47. The molecule has 2 aromatic rings. The lowest BCUT2D eigenvalue weighted by Crippen LogP contribution is -2.40. The highest BCUT2D eigenvalue weighted by Crippen LogP contribution is 2.30. The number of benzene rings is 2. The molecule has 0 bridgehead atoms. The number of imide groups is 2. The van der Waals surface area contributed by atoms with Gasteiger partial charge in [0, 0.05) is 6.54 Å². The molecule has 0 spiro atoms. The Morgan fingerprint density at radius 3 is 2.13 bits per heavy atom. The van der Waals surface area contributed by atoms with E-state index in [0.717, 1.165) is 26.5 Å². The van der Waals surface area contributed by atoms with Crippen LogP contribution in [0.2, 0.25) is 0 Å². The zero-order valence-electron chi connectivity index (χ0n) is 17.5. The Kier molecular flexibility index (Phi) is 6.37. The van der Waals surface area contributed by atoms with Gasteiger partial charge >= 0.3 is 17.8 Å². The van der Waals surface area contributed by atoms with Crippen molar-refractivity contribution in [3.63, 3.8) is 0 Å². The minimum absolute atomic E-state index is 0.00246. The second-order valence-electron chi connectivity index (χ2n) is 7.18. The quantitative estimate of drug-likeness (QED) is 0.490. The smallest absolute Gasteiger partial charge is 0.335 e. The van der Waals surface area contributed by atoms with Gasteiger partial charge in [0.15, 0.2) is 11.5 Å². The van der Waals surface area contributed by atoms with Gasteiger partial charge in [0.2, 0.25) is 0 Å². The average molecular weight is 411 g/mol. The fraction of sp³-hybridized carbons (Fsp3) is 0.318. The maximum absolute atomic E-state index is 12.7. The number of methoxy groups -OCH3 is 2. The predicted octanol–water partition coefficient (Wildman–Crippen LogP) is 2.39. The summed E-state index contributed by atoms with van der Waals surface area (Å²) in [7, 11) is 4.92. The van der Waals surface area contributed by atoms with Crippen LogP contribution >= 0.6 is 0 Å². The van der Waals surface area contributed by atoms with Gasteiger partial charge in [-0.05, 0) is 42.8 Å². The van der Waals surface area contributed by atoms with Crippen LogP contribution < -0.4 is 9.47 Å². The molecule has 3 rings (SSSR count). The Hall–Kier alpha value is -3.39. The molecule has 1 aliphatic heterocycles. The van der Waals surface area contributed by atoms with Gasteiger partial charge in [0.1, 0.15) is 0 Å². The van der Waals surface area contributed by atoms with Crippen molar-refractivity contribution in [1.82, 2.24) is 14.7 Å². The molecule has 0 N–H and O–H groups in total. The molecule has 0 aromatic heterocycles. The van der Waals surface area contributed by atoms with Crippen LogP contribution in [0.3, 0.4) is 0 Å². The lowest BCUT2D eigenvalue weighted by atomic mass is 10.1. The first-order valence-electron chi connectivity index (χ1n) is 9.47. The van der Waals surface area contributed by atoms with Crippen molar-refractivity contribution in [3.8, 4) is 11.5 Å². The van der Waals surface area contributed by atoms with Crippen molar-refractivity contribution in [2.45, 2.75) is 20.0 Å². The summed E-state index contributed by atoms with van der Waals surface area (Å²) in [6.07, 6.45) is 0. The van der Waals surface area contributed by atoms with Gasteiger partial charge in [-0.3, -0.25) is 19.4 Å². The van der Waals surface area contributed by atoms with E-state index in [1.165, 1.54) is 0 Å². The Morgan fingerprint density at radius 1 is 0.900 bits per heavy atom. The van der Waals surface area contributed by atoms with Crippen LogP contribution in [-0.2, 0) is 22.7 Å². The number of nitrogens with zero attached hydrogens (tertiary/aromatic N) is 3. The molecule has 0 radical (unpaired) electrons. The molecular formula is C22H25N3O5. The zero-order chi connectivity index (χ0) is 21.8. The first-order chi connectivity index (χ1) is 14.3. The fourth-order valence-electron chi connectivity index (χ4n) is 3.36. The second-order valence-corrected chi connectivity index (χ2v) is 7.18. The molecule has 0 saturated carbocycles. The number of ether oxygens (including phenoxy) is 2. The summed E-state index contributed by atoms with van der Waals surface area (Å²) in [5.74, 6) is -0.385. The normalized spacial score (nSPS) is 14.1. The van der Waals surface area contributed by atoms with Crippen molar-refractivity contribution in [2.24, 2.45) is 0 Å². The molecule has 1 aliphatic rings. The molecule has 30 heavy (non-hydrogen) atoms. The van der Waals surface area contributed by atoms with E-state index in [-0.39, 0.29) is 13.2 Å². The van der Waals surface area contributed by atoms with E-state index in [9.17, 15) is 14.4 Å². The summed E-state index contributed by atoms with van der Waals surface area (Å²) < 4.78 is 10.7. The number of hydrogen-bond donors (Lipinski definition) is 0. The minimum atomic E-state index is -0.813. The molecule has 1 saturated heterocycles. The number of hydrogen-bond acceptors (Lipinski definition) is 6. The summed E-state index contributed by atoms with van der Waals surface area (Å²) in [4.78, 5) is 41.2. The number of amides is 4. The monoisotopic (exact) mass is 411 g/mol. The minimum Gasteiger partial charge on any atom is -0.493 e. The van der Waals surface area contributed by atoms with Crippen molar-refractivity contribution in [3.05, 3.63) is 59.2 Å². The van der Waals surface area contributed by atoms with Crippen LogP contribution in [0.1, 0.15) is 16.7 Å². The number of carbonyl (C=O) groups is 3. The Balaban J connectivity index is 1.70. The summed E-state index contributed by atoms with van der Waals surface area (Å²) in [6, 6.07) is 12.2. The van der Waals surface area contributed by atoms with E-state index in [0.29, 0.717) is 18.0 Å². The number of carbonyl (C=O) groups excluding carboxylic acids is 3. The van der Waals surface area contributed by atoms with Gasteiger partial charge in [0.05, 0.1) is 27.4 Å². The highest BCUT2D eigenvalue weighted by atomic mass is 16.5. The predicted molar refractivity (Wildman–Crippen MR) is 110 cm³/mol. The van der Waals surface area contributed by atoms with Crippen molar-refractivity contribution in [1.29, 1.82) is 0 Å². The highest BCUT2D eigenvalue weighted by Gasteiger charge is 2.44. The Bertz CT molecular complexity index is 961. The average Bonchev–Trinajstić information content (AvgIpc) is 2.93. The van der Waals surface area contributed by atoms with E-state index < -0.39 is 17.8 Å². The lowest BCUT2D eigenvalue weighted by Gasteiger charge is -2.23. The topological polar surface area (TPSA) is 79.4 Å². The van der Waals surface area contributed by atoms with Gasteiger partial charge in [-0.15, -0.1) is 0 Å². The maximum Gasteiger partial charge on any atom is 0.335 e. The molecule has 8 heteroatoms. The zero-order valence-corrected chi connectivity index (χ0v) is 17.5. The second kappa shape index (κ2) is 8.96. The van der Waals surface area contributed by atoms with E-state index in [1.54, 1.807) is 38.3 Å². The number of aryl methyl sites for hydroxylation is 1. The molecule has 1 heterocycles. The molecule has 1 fully saturated rings. The standard InChI is InChI=1S/C22H25N3O5/c1-15-10-18(29-3)19(30-4)11-17(15)13-23(2)14-25-21(27)20(26)24(22(25)28)12-16-8-6-5-7-9-16/h5-11H,12-14H2,1-4H3. The molecule has 0 unspecified atom stereocenters. The fourth-order valence-corrected chi connectivity index (χ4v) is 3.36. The molecule has 158 valence electrons. The summed E-state index contributed by atoms with van der Waals surface area (Å²) in [5.41, 5.74) is 2.73. The van der Waals surface area contributed by atoms with E-state index in [4.69, 9.17) is 9.47 Å². The van der Waals surface area contributed by atoms with Crippen molar-refractivity contribution < 1.29 is 23.9 Å². The lowest BCUT2D eigenvalue weighted by molar-refractivity contribution is -0.144.